The Balaban J connectivity index is 4.96. The summed E-state index contributed by atoms with van der Waals surface area (Å²) in [7, 11) is 3.48. The first-order valence-electron chi connectivity index (χ1n) is 6.69. The van der Waals surface area contributed by atoms with Crippen LogP contribution in [0.3, 0.4) is 0 Å². The summed E-state index contributed by atoms with van der Waals surface area (Å²) < 4.78 is 10.6. The van der Waals surface area contributed by atoms with E-state index in [0.29, 0.717) is 13.2 Å². The lowest BCUT2D eigenvalue weighted by molar-refractivity contribution is -0.0375. The number of hydrogen-bond acceptors (Lipinski definition) is 4. The summed E-state index contributed by atoms with van der Waals surface area (Å²) >= 11 is 0. The van der Waals surface area contributed by atoms with E-state index >= 15 is 0 Å². The van der Waals surface area contributed by atoms with Crippen LogP contribution < -0.4 is 5.43 Å². The van der Waals surface area contributed by atoms with E-state index in [2.05, 4.69) is 37.8 Å². The van der Waals surface area contributed by atoms with Crippen LogP contribution in [-0.2, 0) is 9.47 Å². The molecule has 4 heteroatoms. The van der Waals surface area contributed by atoms with Gasteiger partial charge in [-0.1, -0.05) is 19.4 Å². The fourth-order valence-corrected chi connectivity index (χ4v) is 2.33. The Morgan fingerprint density at radius 1 is 1.28 bits per heavy atom. The average molecular weight is 258 g/mol. The molecule has 0 heterocycles. The first kappa shape index (κ1) is 17.6. The van der Waals surface area contributed by atoms with E-state index in [1.165, 1.54) is 5.57 Å². The van der Waals surface area contributed by atoms with Crippen molar-refractivity contribution in [2.24, 2.45) is 0 Å². The second kappa shape index (κ2) is 9.50. The van der Waals surface area contributed by atoms with Crippen molar-refractivity contribution in [2.45, 2.75) is 39.2 Å². The molecule has 0 spiro atoms. The molecular weight excluding hydrogens is 228 g/mol. The van der Waals surface area contributed by atoms with E-state index < -0.39 is 0 Å². The predicted molar refractivity (Wildman–Crippen MR) is 76.6 cm³/mol. The molecule has 1 atom stereocenters. The quantitative estimate of drug-likeness (QED) is 0.455. The number of hydrogen-bond donors (Lipinski definition) is 1. The zero-order valence-corrected chi connectivity index (χ0v) is 12.7. The highest BCUT2D eigenvalue weighted by atomic mass is 16.5. The minimum atomic E-state index is -0.0465. The van der Waals surface area contributed by atoms with E-state index in [1.807, 2.05) is 0 Å². The van der Waals surface area contributed by atoms with Gasteiger partial charge in [0.15, 0.2) is 0 Å². The summed E-state index contributed by atoms with van der Waals surface area (Å²) in [4.78, 5) is 0. The van der Waals surface area contributed by atoms with E-state index in [0.717, 1.165) is 25.9 Å². The first-order valence-corrected chi connectivity index (χ1v) is 6.69. The van der Waals surface area contributed by atoms with Gasteiger partial charge in [0.1, 0.15) is 0 Å². The molecule has 0 aromatic rings. The van der Waals surface area contributed by atoms with Crippen LogP contribution in [0.1, 0.15) is 33.6 Å². The zero-order chi connectivity index (χ0) is 14.0. The lowest BCUT2D eigenvalue weighted by atomic mass is 9.88. The number of ether oxygens (including phenoxy) is 2. The topological polar surface area (TPSA) is 33.7 Å². The van der Waals surface area contributed by atoms with Crippen molar-refractivity contribution in [3.8, 4) is 0 Å². The molecule has 108 valence electrons. The van der Waals surface area contributed by atoms with Crippen molar-refractivity contribution in [3.63, 3.8) is 0 Å². The Morgan fingerprint density at radius 3 is 2.33 bits per heavy atom. The van der Waals surface area contributed by atoms with Crippen LogP contribution in [0.2, 0.25) is 0 Å². The molecule has 0 unspecified atom stereocenters. The molecule has 0 rings (SSSR count). The molecule has 1 N–H and O–H groups in total. The third-order valence-electron chi connectivity index (χ3n) is 3.14. The fraction of sp³-hybridized carbons (Fsp3) is 0.857. The molecule has 0 aliphatic rings. The Hall–Kier alpha value is -0.420. The second-order valence-electron chi connectivity index (χ2n) is 4.80. The monoisotopic (exact) mass is 258 g/mol. The third kappa shape index (κ3) is 5.48. The van der Waals surface area contributed by atoms with E-state index in [-0.39, 0.29) is 5.54 Å². The molecule has 0 saturated carbocycles. The number of nitrogens with zero attached hydrogens (tertiary/aromatic N) is 1. The normalized spacial score (nSPS) is 14.8. The van der Waals surface area contributed by atoms with Gasteiger partial charge in [0.2, 0.25) is 0 Å². The van der Waals surface area contributed by atoms with Crippen LogP contribution in [-0.4, -0.2) is 51.1 Å². The second-order valence-corrected chi connectivity index (χ2v) is 4.80. The van der Waals surface area contributed by atoms with Crippen LogP contribution in [0, 0.1) is 0 Å². The molecule has 0 amide bonds. The summed E-state index contributed by atoms with van der Waals surface area (Å²) in [5, 5.41) is 2.26. The van der Waals surface area contributed by atoms with Gasteiger partial charge in [-0.25, -0.2) is 5.01 Å². The molecule has 0 fully saturated rings. The van der Waals surface area contributed by atoms with Gasteiger partial charge in [-0.2, -0.15) is 0 Å². The highest BCUT2D eigenvalue weighted by molar-refractivity contribution is 5.02. The molecule has 0 aromatic carbocycles. The smallest absolute Gasteiger partial charge is 0.0663 e. The van der Waals surface area contributed by atoms with E-state index in [9.17, 15) is 0 Å². The number of methoxy groups -OCH3 is 2. The van der Waals surface area contributed by atoms with Crippen molar-refractivity contribution < 1.29 is 9.47 Å². The van der Waals surface area contributed by atoms with Gasteiger partial charge in [0, 0.05) is 27.3 Å². The van der Waals surface area contributed by atoms with Crippen molar-refractivity contribution in [2.75, 3.05) is 40.5 Å². The predicted octanol–water partition coefficient (Wildman–Crippen LogP) is 2.22. The van der Waals surface area contributed by atoms with Crippen molar-refractivity contribution in [3.05, 3.63) is 12.2 Å². The van der Waals surface area contributed by atoms with Gasteiger partial charge in [-0.05, 0) is 19.8 Å². The highest BCUT2D eigenvalue weighted by Crippen LogP contribution is 2.26. The number of nitrogens with one attached hydrogen (secondary N) is 1. The summed E-state index contributed by atoms with van der Waals surface area (Å²) in [5.74, 6) is 0. The van der Waals surface area contributed by atoms with Gasteiger partial charge in [-0.15, -0.1) is 6.58 Å². The average Bonchev–Trinajstić information content (AvgIpc) is 2.33. The Morgan fingerprint density at radius 2 is 1.94 bits per heavy atom. The van der Waals surface area contributed by atoms with Crippen LogP contribution in [0.15, 0.2) is 12.2 Å². The van der Waals surface area contributed by atoms with Gasteiger partial charge >= 0.3 is 0 Å². The maximum atomic E-state index is 5.44. The summed E-state index contributed by atoms with van der Waals surface area (Å²) in [6.45, 7) is 13.5. The largest absolute Gasteiger partial charge is 0.383 e. The van der Waals surface area contributed by atoms with Crippen LogP contribution >= 0.6 is 0 Å². The summed E-state index contributed by atoms with van der Waals surface area (Å²) in [6, 6.07) is 0. The Kier molecular flexibility index (Phi) is 9.28. The van der Waals surface area contributed by atoms with Gasteiger partial charge in [-0.3, -0.25) is 5.43 Å². The standard InChI is InChI=1S/C14H30N2O2/c1-7-14(12-18-6,11-13(3)4)16(15-8-2)9-10-17-5/h15H,3,7-12H2,1-2,4-6H3/t14-/m1/s1. The van der Waals surface area contributed by atoms with Crippen molar-refractivity contribution in [1.29, 1.82) is 0 Å². The summed E-state index contributed by atoms with van der Waals surface area (Å²) in [5.41, 5.74) is 4.56. The van der Waals surface area contributed by atoms with Crippen molar-refractivity contribution >= 4 is 0 Å². The molecule has 18 heavy (non-hydrogen) atoms. The minimum Gasteiger partial charge on any atom is -0.383 e. The molecule has 0 aromatic heterocycles. The molecule has 0 bridgehead atoms. The molecule has 0 radical (unpaired) electrons. The molecule has 0 aliphatic carbocycles. The van der Waals surface area contributed by atoms with Gasteiger partial charge < -0.3 is 9.47 Å². The molecule has 4 nitrogen and oxygen atoms in total. The lowest BCUT2D eigenvalue weighted by Crippen LogP contribution is -2.59. The summed E-state index contributed by atoms with van der Waals surface area (Å²) in [6.07, 6.45) is 1.93. The third-order valence-corrected chi connectivity index (χ3v) is 3.14. The number of hydrazine groups is 1. The SMILES string of the molecule is C=C(C)C[C@](CC)(COC)N(CCOC)NCC. The molecule has 0 saturated heterocycles. The highest BCUT2D eigenvalue weighted by Gasteiger charge is 2.34. The minimum absolute atomic E-state index is 0.0465. The zero-order valence-electron chi connectivity index (χ0n) is 12.7. The lowest BCUT2D eigenvalue weighted by Gasteiger charge is -2.43. The van der Waals surface area contributed by atoms with Crippen LogP contribution in [0.5, 0.6) is 0 Å². The van der Waals surface area contributed by atoms with E-state index in [4.69, 9.17) is 9.47 Å². The van der Waals surface area contributed by atoms with Gasteiger partial charge in [0.05, 0.1) is 18.8 Å². The van der Waals surface area contributed by atoms with Crippen LogP contribution in [0.25, 0.3) is 0 Å². The van der Waals surface area contributed by atoms with E-state index in [1.54, 1.807) is 14.2 Å². The Bertz CT molecular complexity index is 234. The number of rotatable bonds is 11. The van der Waals surface area contributed by atoms with Crippen LogP contribution in [0.4, 0.5) is 0 Å². The molecule has 0 aliphatic heterocycles. The maximum Gasteiger partial charge on any atom is 0.0663 e. The first-order chi connectivity index (χ1) is 8.56. The van der Waals surface area contributed by atoms with Gasteiger partial charge in [0.25, 0.3) is 0 Å². The maximum absolute atomic E-state index is 5.44. The molecular formula is C14H30N2O2. The van der Waals surface area contributed by atoms with Crippen molar-refractivity contribution in [1.82, 2.24) is 10.4 Å². The Labute approximate surface area is 112 Å². The fourth-order valence-electron chi connectivity index (χ4n) is 2.33.